The van der Waals surface area contributed by atoms with Crippen LogP contribution in [0.5, 0.6) is 0 Å². The highest BCUT2D eigenvalue weighted by atomic mass is 15.5. The van der Waals surface area contributed by atoms with Crippen molar-refractivity contribution in [1.82, 2.24) is 25.0 Å². The van der Waals surface area contributed by atoms with E-state index < -0.39 is 0 Å². The Morgan fingerprint density at radius 3 is 2.70 bits per heavy atom. The zero-order chi connectivity index (χ0) is 13.9. The summed E-state index contributed by atoms with van der Waals surface area (Å²) in [6.07, 6.45) is 5.33. The number of rotatable bonds is 4. The van der Waals surface area contributed by atoms with Gasteiger partial charge in [-0.1, -0.05) is 24.3 Å². The van der Waals surface area contributed by atoms with Crippen LogP contribution in [0.25, 0.3) is 17.0 Å². The van der Waals surface area contributed by atoms with E-state index in [0.29, 0.717) is 5.95 Å². The molecule has 0 fully saturated rings. The molecule has 20 heavy (non-hydrogen) atoms. The van der Waals surface area contributed by atoms with E-state index >= 15 is 0 Å². The SMILES string of the molecule is CCC(N)Cc1cnc(-n2nnc3ccccc32)nc1. The molecule has 1 atom stereocenters. The standard InChI is InChI=1S/C14H16N6/c1-2-11(15)7-10-8-16-14(17-9-10)20-13-6-4-3-5-12(13)18-19-20/h3-6,8-9,11H,2,7,15H2,1H3. The molecule has 0 aliphatic heterocycles. The number of hydrogen-bond donors (Lipinski definition) is 1. The average molecular weight is 268 g/mol. The number of hydrogen-bond acceptors (Lipinski definition) is 5. The highest BCUT2D eigenvalue weighted by Gasteiger charge is 2.08. The van der Waals surface area contributed by atoms with Crippen molar-refractivity contribution in [3.05, 3.63) is 42.2 Å². The summed E-state index contributed by atoms with van der Waals surface area (Å²) < 4.78 is 1.64. The summed E-state index contributed by atoms with van der Waals surface area (Å²) in [7, 11) is 0. The molecule has 0 aliphatic carbocycles. The van der Waals surface area contributed by atoms with Crippen LogP contribution in [0.3, 0.4) is 0 Å². The molecule has 0 spiro atoms. The number of fused-ring (bicyclic) bond motifs is 1. The quantitative estimate of drug-likeness (QED) is 0.775. The van der Waals surface area contributed by atoms with Crippen molar-refractivity contribution in [2.75, 3.05) is 0 Å². The van der Waals surface area contributed by atoms with Crippen molar-refractivity contribution < 1.29 is 0 Å². The maximum atomic E-state index is 5.93. The normalized spacial score (nSPS) is 12.7. The average Bonchev–Trinajstić information content (AvgIpc) is 2.92. The molecular formula is C14H16N6. The van der Waals surface area contributed by atoms with E-state index in [9.17, 15) is 0 Å². The van der Waals surface area contributed by atoms with E-state index in [1.807, 2.05) is 24.3 Å². The van der Waals surface area contributed by atoms with Crippen molar-refractivity contribution in [2.45, 2.75) is 25.8 Å². The van der Waals surface area contributed by atoms with Gasteiger partial charge in [-0.15, -0.1) is 5.10 Å². The number of aromatic nitrogens is 5. The lowest BCUT2D eigenvalue weighted by Crippen LogP contribution is -2.21. The fourth-order valence-corrected chi connectivity index (χ4v) is 2.03. The first-order chi connectivity index (χ1) is 9.78. The summed E-state index contributed by atoms with van der Waals surface area (Å²) >= 11 is 0. The van der Waals surface area contributed by atoms with Gasteiger partial charge in [0.25, 0.3) is 5.95 Å². The number of nitrogens with two attached hydrogens (primary N) is 1. The van der Waals surface area contributed by atoms with Crippen molar-refractivity contribution in [2.24, 2.45) is 5.73 Å². The maximum absolute atomic E-state index is 5.93. The zero-order valence-electron chi connectivity index (χ0n) is 11.3. The Hall–Kier alpha value is -2.34. The molecule has 102 valence electrons. The Kier molecular flexibility index (Phi) is 3.39. The first kappa shape index (κ1) is 12.7. The summed E-state index contributed by atoms with van der Waals surface area (Å²) in [5.41, 5.74) is 8.68. The first-order valence-electron chi connectivity index (χ1n) is 6.65. The summed E-state index contributed by atoms with van der Waals surface area (Å²) in [5.74, 6) is 0.521. The molecule has 2 heterocycles. The third-order valence-corrected chi connectivity index (χ3v) is 3.26. The van der Waals surface area contributed by atoms with Crippen molar-refractivity contribution in [3.8, 4) is 5.95 Å². The van der Waals surface area contributed by atoms with Crippen LogP contribution in [-0.2, 0) is 6.42 Å². The maximum Gasteiger partial charge on any atom is 0.252 e. The molecule has 3 rings (SSSR count). The van der Waals surface area contributed by atoms with Gasteiger partial charge in [0.05, 0.1) is 5.52 Å². The van der Waals surface area contributed by atoms with E-state index in [1.165, 1.54) is 0 Å². The molecule has 1 aromatic carbocycles. The van der Waals surface area contributed by atoms with Gasteiger partial charge in [0.2, 0.25) is 0 Å². The molecule has 0 aliphatic rings. The summed E-state index contributed by atoms with van der Waals surface area (Å²) in [5, 5.41) is 8.18. The van der Waals surface area contributed by atoms with Crippen molar-refractivity contribution >= 4 is 11.0 Å². The molecule has 0 amide bonds. The van der Waals surface area contributed by atoms with Crippen LogP contribution < -0.4 is 5.73 Å². The van der Waals surface area contributed by atoms with E-state index in [-0.39, 0.29) is 6.04 Å². The van der Waals surface area contributed by atoms with Gasteiger partial charge < -0.3 is 5.73 Å². The van der Waals surface area contributed by atoms with E-state index in [0.717, 1.165) is 29.4 Å². The van der Waals surface area contributed by atoms with Gasteiger partial charge in [0, 0.05) is 18.4 Å². The molecule has 0 bridgehead atoms. The minimum Gasteiger partial charge on any atom is -0.327 e. The third-order valence-electron chi connectivity index (χ3n) is 3.26. The van der Waals surface area contributed by atoms with Gasteiger partial charge in [-0.3, -0.25) is 0 Å². The van der Waals surface area contributed by atoms with Gasteiger partial charge in [-0.2, -0.15) is 4.68 Å². The van der Waals surface area contributed by atoms with Gasteiger partial charge in [-0.25, -0.2) is 9.97 Å². The Labute approximate surface area is 116 Å². The highest BCUT2D eigenvalue weighted by molar-refractivity contribution is 5.75. The minimum absolute atomic E-state index is 0.150. The smallest absolute Gasteiger partial charge is 0.252 e. The van der Waals surface area contributed by atoms with Crippen LogP contribution in [0, 0.1) is 0 Å². The summed E-state index contributed by atoms with van der Waals surface area (Å²) in [4.78, 5) is 8.70. The van der Waals surface area contributed by atoms with Crippen molar-refractivity contribution in [3.63, 3.8) is 0 Å². The van der Waals surface area contributed by atoms with Crippen LogP contribution >= 0.6 is 0 Å². The third kappa shape index (κ3) is 2.37. The van der Waals surface area contributed by atoms with Gasteiger partial charge in [0.15, 0.2) is 0 Å². The fraction of sp³-hybridized carbons (Fsp3) is 0.286. The molecule has 2 aromatic heterocycles. The van der Waals surface area contributed by atoms with Gasteiger partial charge in [0.1, 0.15) is 5.52 Å². The molecule has 6 heteroatoms. The molecule has 1 unspecified atom stereocenters. The molecule has 2 N–H and O–H groups in total. The molecule has 0 radical (unpaired) electrons. The number of nitrogens with zero attached hydrogens (tertiary/aromatic N) is 5. The lowest BCUT2D eigenvalue weighted by molar-refractivity contribution is 0.642. The Morgan fingerprint density at radius 2 is 1.95 bits per heavy atom. The second-order valence-corrected chi connectivity index (χ2v) is 4.75. The van der Waals surface area contributed by atoms with Gasteiger partial charge in [-0.05, 0) is 30.5 Å². The van der Waals surface area contributed by atoms with Crippen LogP contribution in [-0.4, -0.2) is 31.0 Å². The van der Waals surface area contributed by atoms with Crippen LogP contribution in [0.4, 0.5) is 0 Å². The molecule has 3 aromatic rings. The molecule has 6 nitrogen and oxygen atoms in total. The molecule has 0 saturated heterocycles. The van der Waals surface area contributed by atoms with Gasteiger partial charge >= 0.3 is 0 Å². The largest absolute Gasteiger partial charge is 0.327 e. The number of benzene rings is 1. The Balaban J connectivity index is 1.91. The first-order valence-corrected chi connectivity index (χ1v) is 6.65. The topological polar surface area (TPSA) is 82.5 Å². The molecule has 0 saturated carbocycles. The van der Waals surface area contributed by atoms with Crippen LogP contribution in [0.2, 0.25) is 0 Å². The summed E-state index contributed by atoms with van der Waals surface area (Å²) in [6.45, 7) is 2.07. The van der Waals surface area contributed by atoms with Crippen molar-refractivity contribution in [1.29, 1.82) is 0 Å². The van der Waals surface area contributed by atoms with Crippen LogP contribution in [0.15, 0.2) is 36.7 Å². The minimum atomic E-state index is 0.150. The Bertz CT molecular complexity index is 703. The predicted molar refractivity (Wildman–Crippen MR) is 76.4 cm³/mol. The molecular weight excluding hydrogens is 252 g/mol. The lowest BCUT2D eigenvalue weighted by Gasteiger charge is -2.08. The zero-order valence-corrected chi connectivity index (χ0v) is 11.3. The fourth-order valence-electron chi connectivity index (χ4n) is 2.03. The van der Waals surface area contributed by atoms with E-state index in [2.05, 4.69) is 27.2 Å². The van der Waals surface area contributed by atoms with E-state index in [1.54, 1.807) is 17.1 Å². The van der Waals surface area contributed by atoms with E-state index in [4.69, 9.17) is 5.73 Å². The second kappa shape index (κ2) is 5.34. The van der Waals surface area contributed by atoms with Crippen LogP contribution in [0.1, 0.15) is 18.9 Å². The lowest BCUT2D eigenvalue weighted by atomic mass is 10.1. The Morgan fingerprint density at radius 1 is 1.20 bits per heavy atom. The number of para-hydroxylation sites is 1. The highest BCUT2D eigenvalue weighted by Crippen LogP contribution is 2.13. The summed E-state index contributed by atoms with van der Waals surface area (Å²) in [6, 6.07) is 7.87. The predicted octanol–water partition coefficient (Wildman–Crippen LogP) is 1.49. The second-order valence-electron chi connectivity index (χ2n) is 4.75. The monoisotopic (exact) mass is 268 g/mol.